The number of nitrogens with zero attached hydrogens (tertiary/aromatic N) is 3. The van der Waals surface area contributed by atoms with Crippen molar-refractivity contribution in [2.75, 3.05) is 38.0 Å². The fourth-order valence-corrected chi connectivity index (χ4v) is 3.30. The molecule has 0 amide bonds. The van der Waals surface area contributed by atoms with Gasteiger partial charge >= 0.3 is 0 Å². The van der Waals surface area contributed by atoms with E-state index in [2.05, 4.69) is 105 Å². The fraction of sp³-hybridized carbons (Fsp3) is 0.286. The van der Waals surface area contributed by atoms with Crippen LogP contribution in [0.4, 0.5) is 11.4 Å². The standard InChI is InChI=1S/C21H26N3/c1-15-19(13-17(22(2)3)14-20(15)23(4)5)21-18-10-8-7-9-16(18)11-12-24(21)6/h7-14H,1-6H3/q+1. The third-order valence-electron chi connectivity index (χ3n) is 4.66. The van der Waals surface area contributed by atoms with Crippen LogP contribution in [0.25, 0.3) is 22.0 Å². The molecule has 2 aromatic carbocycles. The third-order valence-corrected chi connectivity index (χ3v) is 4.66. The number of aryl methyl sites for hydroxylation is 1. The first-order chi connectivity index (χ1) is 11.4. The highest BCUT2D eigenvalue weighted by atomic mass is 15.1. The highest BCUT2D eigenvalue weighted by molar-refractivity contribution is 5.95. The van der Waals surface area contributed by atoms with Gasteiger partial charge in [0.1, 0.15) is 7.05 Å². The molecule has 1 aromatic heterocycles. The van der Waals surface area contributed by atoms with E-state index in [0.29, 0.717) is 0 Å². The lowest BCUT2D eigenvalue weighted by Gasteiger charge is -2.22. The number of aromatic nitrogens is 1. The van der Waals surface area contributed by atoms with Gasteiger partial charge in [0.05, 0.1) is 10.9 Å². The number of fused-ring (bicyclic) bond motifs is 1. The second-order valence-corrected chi connectivity index (χ2v) is 6.79. The molecule has 124 valence electrons. The van der Waals surface area contributed by atoms with Crippen molar-refractivity contribution in [2.45, 2.75) is 6.92 Å². The maximum absolute atomic E-state index is 2.30. The maximum Gasteiger partial charge on any atom is 0.220 e. The molecule has 1 heterocycles. The summed E-state index contributed by atoms with van der Waals surface area (Å²) in [5.74, 6) is 0. The number of benzene rings is 2. The Hall–Kier alpha value is -2.55. The Balaban J connectivity index is 2.40. The lowest BCUT2D eigenvalue weighted by molar-refractivity contribution is -0.659. The van der Waals surface area contributed by atoms with E-state index in [1.54, 1.807) is 0 Å². The Kier molecular flexibility index (Phi) is 4.18. The molecule has 3 aromatic rings. The Bertz CT molecular complexity index is 895. The van der Waals surface area contributed by atoms with Crippen LogP contribution in [0.2, 0.25) is 0 Å². The second-order valence-electron chi connectivity index (χ2n) is 6.79. The van der Waals surface area contributed by atoms with Gasteiger partial charge < -0.3 is 9.80 Å². The monoisotopic (exact) mass is 320 g/mol. The highest BCUT2D eigenvalue weighted by Gasteiger charge is 2.20. The van der Waals surface area contributed by atoms with E-state index in [1.807, 2.05) is 0 Å². The van der Waals surface area contributed by atoms with Crippen molar-refractivity contribution in [3.63, 3.8) is 0 Å². The molecule has 0 unspecified atom stereocenters. The van der Waals surface area contributed by atoms with Crippen molar-refractivity contribution in [1.29, 1.82) is 0 Å². The van der Waals surface area contributed by atoms with Gasteiger partial charge in [-0.1, -0.05) is 18.2 Å². The lowest BCUT2D eigenvalue weighted by atomic mass is 9.97. The summed E-state index contributed by atoms with van der Waals surface area (Å²) in [4.78, 5) is 4.36. The van der Waals surface area contributed by atoms with E-state index < -0.39 is 0 Å². The summed E-state index contributed by atoms with van der Waals surface area (Å²) in [5, 5.41) is 2.55. The Morgan fingerprint density at radius 3 is 2.25 bits per heavy atom. The first-order valence-electron chi connectivity index (χ1n) is 8.27. The van der Waals surface area contributed by atoms with Crippen LogP contribution < -0.4 is 14.4 Å². The summed E-state index contributed by atoms with van der Waals surface area (Å²) in [5.41, 5.74) is 6.32. The van der Waals surface area contributed by atoms with E-state index in [-0.39, 0.29) is 0 Å². The molecule has 0 aliphatic carbocycles. The summed E-state index contributed by atoms with van der Waals surface area (Å²) < 4.78 is 2.23. The Labute approximate surface area is 144 Å². The number of rotatable bonds is 3. The zero-order valence-electron chi connectivity index (χ0n) is 15.5. The number of hydrogen-bond donors (Lipinski definition) is 0. The van der Waals surface area contributed by atoms with Crippen LogP contribution in [0.15, 0.2) is 48.7 Å². The quantitative estimate of drug-likeness (QED) is 0.680. The minimum atomic E-state index is 1.22. The molecule has 3 nitrogen and oxygen atoms in total. The van der Waals surface area contributed by atoms with E-state index in [9.17, 15) is 0 Å². The summed E-state index contributed by atoms with van der Waals surface area (Å²) in [6.07, 6.45) is 2.15. The van der Waals surface area contributed by atoms with Gasteiger partial charge in [-0.15, -0.1) is 0 Å². The van der Waals surface area contributed by atoms with Gasteiger partial charge in [0, 0.05) is 45.6 Å². The smallest absolute Gasteiger partial charge is 0.220 e. The van der Waals surface area contributed by atoms with E-state index in [1.165, 1.54) is 39.0 Å². The minimum absolute atomic E-state index is 1.22. The topological polar surface area (TPSA) is 10.4 Å². The van der Waals surface area contributed by atoms with E-state index >= 15 is 0 Å². The minimum Gasteiger partial charge on any atom is -0.378 e. The SMILES string of the molecule is Cc1c(-c2c3ccccc3cc[n+]2C)cc(N(C)C)cc1N(C)C. The number of pyridine rings is 1. The van der Waals surface area contributed by atoms with E-state index in [0.717, 1.165) is 0 Å². The molecule has 0 saturated heterocycles. The number of hydrogen-bond acceptors (Lipinski definition) is 2. The first-order valence-corrected chi connectivity index (χ1v) is 8.27. The summed E-state index contributed by atoms with van der Waals surface area (Å²) >= 11 is 0. The fourth-order valence-electron chi connectivity index (χ4n) is 3.30. The van der Waals surface area contributed by atoms with Gasteiger partial charge in [-0.2, -0.15) is 0 Å². The highest BCUT2D eigenvalue weighted by Crippen LogP contribution is 2.36. The molecular weight excluding hydrogens is 294 g/mol. The van der Waals surface area contributed by atoms with Crippen LogP contribution in [0.1, 0.15) is 5.56 Å². The zero-order valence-corrected chi connectivity index (χ0v) is 15.5. The Morgan fingerprint density at radius 2 is 1.58 bits per heavy atom. The van der Waals surface area contributed by atoms with Gasteiger partial charge in [-0.3, -0.25) is 0 Å². The molecule has 0 atom stereocenters. The Morgan fingerprint density at radius 1 is 0.875 bits per heavy atom. The van der Waals surface area contributed by atoms with Crippen LogP contribution in [0.3, 0.4) is 0 Å². The van der Waals surface area contributed by atoms with Crippen LogP contribution in [-0.4, -0.2) is 28.2 Å². The van der Waals surface area contributed by atoms with Gasteiger partial charge in [0.15, 0.2) is 6.20 Å². The molecule has 0 aliphatic heterocycles. The van der Waals surface area contributed by atoms with E-state index in [4.69, 9.17) is 0 Å². The van der Waals surface area contributed by atoms with Crippen LogP contribution >= 0.6 is 0 Å². The van der Waals surface area contributed by atoms with Crippen LogP contribution in [0.5, 0.6) is 0 Å². The normalized spacial score (nSPS) is 10.9. The van der Waals surface area contributed by atoms with Crippen molar-refractivity contribution >= 4 is 22.1 Å². The van der Waals surface area contributed by atoms with Gasteiger partial charge in [-0.25, -0.2) is 4.57 Å². The molecule has 0 saturated carbocycles. The average Bonchev–Trinajstić information content (AvgIpc) is 2.55. The molecule has 0 N–H and O–H groups in total. The summed E-state index contributed by atoms with van der Waals surface area (Å²) in [7, 11) is 10.5. The molecule has 3 heteroatoms. The lowest BCUT2D eigenvalue weighted by Crippen LogP contribution is -2.31. The predicted molar refractivity (Wildman–Crippen MR) is 104 cm³/mol. The van der Waals surface area contributed by atoms with Crippen molar-refractivity contribution in [2.24, 2.45) is 7.05 Å². The van der Waals surface area contributed by atoms with Crippen molar-refractivity contribution in [1.82, 2.24) is 0 Å². The van der Waals surface area contributed by atoms with Gasteiger partial charge in [-0.05, 0) is 36.1 Å². The molecule has 0 radical (unpaired) electrons. The third kappa shape index (κ3) is 2.71. The molecule has 0 bridgehead atoms. The second kappa shape index (κ2) is 6.16. The molecule has 3 rings (SSSR count). The number of anilines is 2. The molecule has 0 spiro atoms. The molecular formula is C21H26N3+. The predicted octanol–water partition coefficient (Wildman–Crippen LogP) is 3.77. The van der Waals surface area contributed by atoms with Gasteiger partial charge in [0.2, 0.25) is 5.69 Å². The van der Waals surface area contributed by atoms with Crippen molar-refractivity contribution in [3.05, 3.63) is 54.2 Å². The maximum atomic E-state index is 2.30. The summed E-state index contributed by atoms with van der Waals surface area (Å²) in [6.45, 7) is 2.21. The zero-order chi connectivity index (χ0) is 17.4. The van der Waals surface area contributed by atoms with Crippen LogP contribution in [-0.2, 0) is 7.05 Å². The largest absolute Gasteiger partial charge is 0.378 e. The molecule has 0 aliphatic rings. The summed E-state index contributed by atoms with van der Waals surface area (Å²) in [6, 6.07) is 15.3. The molecule has 0 fully saturated rings. The van der Waals surface area contributed by atoms with Gasteiger partial charge in [0.25, 0.3) is 0 Å². The molecule has 24 heavy (non-hydrogen) atoms. The van der Waals surface area contributed by atoms with Crippen molar-refractivity contribution in [3.8, 4) is 11.3 Å². The van der Waals surface area contributed by atoms with Crippen LogP contribution in [0, 0.1) is 6.92 Å². The van der Waals surface area contributed by atoms with Crippen molar-refractivity contribution < 1.29 is 4.57 Å². The average molecular weight is 320 g/mol. The first kappa shape index (κ1) is 16.3.